The zero-order valence-corrected chi connectivity index (χ0v) is 11.7. The number of nitrogens with zero attached hydrogens (tertiary/aromatic N) is 1. The fourth-order valence-corrected chi connectivity index (χ4v) is 1.96. The molecule has 0 saturated carbocycles. The van der Waals surface area contributed by atoms with E-state index in [1.807, 2.05) is 0 Å². The molecule has 0 aliphatic rings. The van der Waals surface area contributed by atoms with E-state index in [2.05, 4.69) is 21.2 Å². The van der Waals surface area contributed by atoms with Crippen LogP contribution in [0.5, 0.6) is 0 Å². The third kappa shape index (κ3) is 3.02. The highest BCUT2D eigenvalue weighted by Crippen LogP contribution is 2.32. The lowest BCUT2D eigenvalue weighted by molar-refractivity contribution is -0.386. The third-order valence-corrected chi connectivity index (χ3v) is 3.60. The fourth-order valence-electron chi connectivity index (χ4n) is 1.53. The Morgan fingerprint density at radius 3 is 2.68 bits per heavy atom. The molecule has 1 N–H and O–H groups in total. The molecule has 0 aromatic heterocycles. The molecule has 2 aromatic rings. The van der Waals surface area contributed by atoms with Crippen molar-refractivity contribution in [2.24, 2.45) is 0 Å². The van der Waals surface area contributed by atoms with Crippen molar-refractivity contribution in [3.8, 4) is 0 Å². The number of benzene rings is 2. The molecule has 0 radical (unpaired) electrons. The average Bonchev–Trinajstić information content (AvgIpc) is 2.33. The molecule has 4 nitrogen and oxygen atoms in total. The topological polar surface area (TPSA) is 55.2 Å². The van der Waals surface area contributed by atoms with Crippen LogP contribution in [0.1, 0.15) is 0 Å². The van der Waals surface area contributed by atoms with Crippen molar-refractivity contribution in [2.75, 3.05) is 5.32 Å². The Hall–Kier alpha value is -1.66. The van der Waals surface area contributed by atoms with Gasteiger partial charge < -0.3 is 5.32 Å². The van der Waals surface area contributed by atoms with Gasteiger partial charge in [0.2, 0.25) is 5.82 Å². The summed E-state index contributed by atoms with van der Waals surface area (Å²) in [5, 5.41) is 14.1. The molecule has 0 bridgehead atoms. The molecule has 2 rings (SSSR count). The molecule has 98 valence electrons. The molecule has 7 heteroatoms. The molecule has 2 aromatic carbocycles. The lowest BCUT2D eigenvalue weighted by Gasteiger charge is -2.08. The van der Waals surface area contributed by atoms with Gasteiger partial charge in [0.05, 0.1) is 9.95 Å². The quantitative estimate of drug-likeness (QED) is 0.636. The molecule has 0 unspecified atom stereocenters. The first-order valence-corrected chi connectivity index (χ1v) is 6.31. The molecule has 0 atom stereocenters. The van der Waals surface area contributed by atoms with Gasteiger partial charge in [0, 0.05) is 10.2 Å². The molecule has 0 aliphatic heterocycles. The van der Waals surface area contributed by atoms with E-state index < -0.39 is 16.4 Å². The van der Waals surface area contributed by atoms with Gasteiger partial charge in [0.15, 0.2) is 0 Å². The minimum Gasteiger partial charge on any atom is -0.350 e. The first-order valence-electron chi connectivity index (χ1n) is 5.14. The highest BCUT2D eigenvalue weighted by atomic mass is 79.9. The van der Waals surface area contributed by atoms with Gasteiger partial charge in [-0.15, -0.1) is 0 Å². The SMILES string of the molecule is O=[N+]([O-])c1c(F)cccc1Nc1ccc(Br)c(Cl)c1. The summed E-state index contributed by atoms with van der Waals surface area (Å²) in [6.07, 6.45) is 0. The van der Waals surface area contributed by atoms with Crippen molar-refractivity contribution in [3.05, 3.63) is 61.8 Å². The zero-order chi connectivity index (χ0) is 14.0. The number of halogens is 3. The highest BCUT2D eigenvalue weighted by Gasteiger charge is 2.19. The van der Waals surface area contributed by atoms with Crippen LogP contribution in [0.25, 0.3) is 0 Å². The summed E-state index contributed by atoms with van der Waals surface area (Å²) < 4.78 is 14.1. The van der Waals surface area contributed by atoms with E-state index in [4.69, 9.17) is 11.6 Å². The van der Waals surface area contributed by atoms with Crippen LogP contribution in [0.2, 0.25) is 5.02 Å². The Balaban J connectivity index is 2.40. The molecular formula is C12H7BrClFN2O2. The lowest BCUT2D eigenvalue weighted by atomic mass is 10.2. The summed E-state index contributed by atoms with van der Waals surface area (Å²) in [6.45, 7) is 0. The number of nitrogens with one attached hydrogen (secondary N) is 1. The van der Waals surface area contributed by atoms with Gasteiger partial charge in [0.1, 0.15) is 5.69 Å². The number of para-hydroxylation sites is 1. The van der Waals surface area contributed by atoms with Gasteiger partial charge in [-0.3, -0.25) is 10.1 Å². The number of nitro groups is 1. The monoisotopic (exact) mass is 344 g/mol. The molecule has 0 aliphatic carbocycles. The molecule has 0 fully saturated rings. The largest absolute Gasteiger partial charge is 0.350 e. The smallest absolute Gasteiger partial charge is 0.327 e. The molecule has 0 saturated heterocycles. The van der Waals surface area contributed by atoms with Crippen LogP contribution in [0.4, 0.5) is 21.5 Å². The second-order valence-corrected chi connectivity index (χ2v) is 4.91. The summed E-state index contributed by atoms with van der Waals surface area (Å²) in [6, 6.07) is 8.81. The van der Waals surface area contributed by atoms with Gasteiger partial charge in [-0.2, -0.15) is 4.39 Å². The van der Waals surface area contributed by atoms with E-state index >= 15 is 0 Å². The number of nitro benzene ring substituents is 1. The van der Waals surface area contributed by atoms with Crippen molar-refractivity contribution < 1.29 is 9.31 Å². The van der Waals surface area contributed by atoms with E-state index in [1.54, 1.807) is 18.2 Å². The van der Waals surface area contributed by atoms with Crippen molar-refractivity contribution in [1.82, 2.24) is 0 Å². The number of hydrogen-bond donors (Lipinski definition) is 1. The van der Waals surface area contributed by atoms with Crippen molar-refractivity contribution >= 4 is 44.6 Å². The van der Waals surface area contributed by atoms with Crippen LogP contribution >= 0.6 is 27.5 Å². The Morgan fingerprint density at radius 1 is 1.32 bits per heavy atom. The zero-order valence-electron chi connectivity index (χ0n) is 9.36. The van der Waals surface area contributed by atoms with E-state index in [0.717, 1.165) is 6.07 Å². The van der Waals surface area contributed by atoms with Crippen molar-refractivity contribution in [1.29, 1.82) is 0 Å². The predicted octanol–water partition coefficient (Wildman–Crippen LogP) is 4.89. The van der Waals surface area contributed by atoms with E-state index in [9.17, 15) is 14.5 Å². The second-order valence-electron chi connectivity index (χ2n) is 3.65. The highest BCUT2D eigenvalue weighted by molar-refractivity contribution is 9.10. The van der Waals surface area contributed by atoms with Gasteiger partial charge >= 0.3 is 5.69 Å². The minimum absolute atomic E-state index is 0.0726. The molecule has 0 spiro atoms. The molecule has 0 amide bonds. The third-order valence-electron chi connectivity index (χ3n) is 2.37. The van der Waals surface area contributed by atoms with Gasteiger partial charge in [0.25, 0.3) is 0 Å². The van der Waals surface area contributed by atoms with Gasteiger partial charge in [-0.05, 0) is 46.3 Å². The maximum atomic E-state index is 13.4. The Labute approximate surface area is 121 Å². The molecule has 0 heterocycles. The average molecular weight is 346 g/mol. The Morgan fingerprint density at radius 2 is 2.05 bits per heavy atom. The van der Waals surface area contributed by atoms with Crippen molar-refractivity contribution in [3.63, 3.8) is 0 Å². The molecule has 19 heavy (non-hydrogen) atoms. The summed E-state index contributed by atoms with van der Waals surface area (Å²) in [5.74, 6) is -0.891. The fraction of sp³-hybridized carbons (Fsp3) is 0. The Kier molecular flexibility index (Phi) is 4.01. The maximum absolute atomic E-state index is 13.4. The predicted molar refractivity (Wildman–Crippen MR) is 75.5 cm³/mol. The molecular weight excluding hydrogens is 338 g/mol. The summed E-state index contributed by atoms with van der Waals surface area (Å²) in [4.78, 5) is 10.1. The number of anilines is 2. The van der Waals surface area contributed by atoms with Gasteiger partial charge in [-0.25, -0.2) is 0 Å². The van der Waals surface area contributed by atoms with E-state index in [-0.39, 0.29) is 5.69 Å². The Bertz CT molecular complexity index is 652. The lowest BCUT2D eigenvalue weighted by Crippen LogP contribution is -1.99. The van der Waals surface area contributed by atoms with Crippen LogP contribution in [0.3, 0.4) is 0 Å². The van der Waals surface area contributed by atoms with Gasteiger partial charge in [-0.1, -0.05) is 17.7 Å². The van der Waals surface area contributed by atoms with Crippen LogP contribution in [0.15, 0.2) is 40.9 Å². The van der Waals surface area contributed by atoms with Crippen LogP contribution in [-0.4, -0.2) is 4.92 Å². The number of rotatable bonds is 3. The summed E-state index contributed by atoms with van der Waals surface area (Å²) in [5.41, 5.74) is 0.00632. The second kappa shape index (κ2) is 5.54. The number of hydrogen-bond acceptors (Lipinski definition) is 3. The first-order chi connectivity index (χ1) is 8.99. The van der Waals surface area contributed by atoms with Crippen LogP contribution < -0.4 is 5.32 Å². The van der Waals surface area contributed by atoms with Crippen molar-refractivity contribution in [2.45, 2.75) is 0 Å². The van der Waals surface area contributed by atoms with Crippen LogP contribution in [-0.2, 0) is 0 Å². The van der Waals surface area contributed by atoms with E-state index in [0.29, 0.717) is 15.2 Å². The normalized spacial score (nSPS) is 10.3. The standard InChI is InChI=1S/C12H7BrClFN2O2/c13-8-5-4-7(6-9(8)14)16-11-3-1-2-10(15)12(11)17(18)19/h1-6,16H. The summed E-state index contributed by atoms with van der Waals surface area (Å²) in [7, 11) is 0. The maximum Gasteiger partial charge on any atom is 0.327 e. The van der Waals surface area contributed by atoms with Crippen LogP contribution in [0, 0.1) is 15.9 Å². The summed E-state index contributed by atoms with van der Waals surface area (Å²) >= 11 is 9.15. The van der Waals surface area contributed by atoms with E-state index in [1.165, 1.54) is 12.1 Å². The first kappa shape index (κ1) is 13.8. The minimum atomic E-state index is -0.891.